The molecule has 0 spiro atoms. The van der Waals surface area contributed by atoms with E-state index in [0.29, 0.717) is 0 Å². The van der Waals surface area contributed by atoms with Gasteiger partial charge < -0.3 is 4.90 Å². The molecule has 0 saturated heterocycles. The second-order valence-corrected chi connectivity index (χ2v) is 6.48. The van der Waals surface area contributed by atoms with E-state index in [1.807, 2.05) is 31.2 Å². The maximum atomic E-state index is 11.7. The number of thioether (sulfide) groups is 1. The van der Waals surface area contributed by atoms with E-state index in [9.17, 15) is 4.79 Å². The number of hydrogen-bond acceptors (Lipinski definition) is 4. The quantitative estimate of drug-likeness (QED) is 0.809. The number of amides is 1. The fourth-order valence-electron chi connectivity index (χ4n) is 1.58. The van der Waals surface area contributed by atoms with Crippen molar-refractivity contribution in [3.05, 3.63) is 45.9 Å². The summed E-state index contributed by atoms with van der Waals surface area (Å²) in [5.74, 6) is 0.900. The van der Waals surface area contributed by atoms with Crippen LogP contribution in [0.4, 0.5) is 0 Å². The highest BCUT2D eigenvalue weighted by molar-refractivity contribution is 7.98. The van der Waals surface area contributed by atoms with Crippen molar-refractivity contribution in [2.24, 2.45) is 0 Å². The van der Waals surface area contributed by atoms with Crippen molar-refractivity contribution < 1.29 is 4.79 Å². The number of thiazole rings is 1. The van der Waals surface area contributed by atoms with Crippen LogP contribution in [0.5, 0.6) is 0 Å². The van der Waals surface area contributed by atoms with Crippen LogP contribution < -0.4 is 0 Å². The summed E-state index contributed by atoms with van der Waals surface area (Å²) in [5, 5.41) is 3.19. The molecular weight excluding hydrogens is 276 g/mol. The third kappa shape index (κ3) is 3.81. The van der Waals surface area contributed by atoms with Crippen LogP contribution in [0.15, 0.2) is 34.5 Å². The molecule has 2 rings (SSSR count). The van der Waals surface area contributed by atoms with Crippen molar-refractivity contribution in [2.75, 3.05) is 14.1 Å². The van der Waals surface area contributed by atoms with E-state index < -0.39 is 0 Å². The summed E-state index contributed by atoms with van der Waals surface area (Å²) in [5.41, 5.74) is 1.83. The second-order valence-electron chi connectivity index (χ2n) is 4.37. The number of aryl methyl sites for hydroxylation is 1. The average Bonchev–Trinajstić information content (AvgIpc) is 2.82. The molecule has 0 bridgehead atoms. The number of nitrogens with zero attached hydrogens (tertiary/aromatic N) is 2. The smallest absolute Gasteiger partial charge is 0.253 e. The van der Waals surface area contributed by atoms with Crippen LogP contribution in [0.25, 0.3) is 0 Å². The molecule has 0 aliphatic carbocycles. The summed E-state index contributed by atoms with van der Waals surface area (Å²) in [6, 6.07) is 7.72. The Labute approximate surface area is 121 Å². The van der Waals surface area contributed by atoms with Crippen LogP contribution in [0.3, 0.4) is 0 Å². The highest BCUT2D eigenvalue weighted by Gasteiger charge is 2.07. The zero-order valence-corrected chi connectivity index (χ0v) is 12.8. The van der Waals surface area contributed by atoms with Gasteiger partial charge in [-0.25, -0.2) is 4.98 Å². The van der Waals surface area contributed by atoms with Gasteiger partial charge in [-0.1, -0.05) is 0 Å². The maximum absolute atomic E-state index is 11.7. The van der Waals surface area contributed by atoms with Gasteiger partial charge in [-0.05, 0) is 31.2 Å². The number of hydrogen-bond donors (Lipinski definition) is 0. The molecule has 0 fully saturated rings. The number of rotatable bonds is 4. The van der Waals surface area contributed by atoms with E-state index in [1.165, 1.54) is 0 Å². The minimum atomic E-state index is 0.0340. The van der Waals surface area contributed by atoms with Crippen molar-refractivity contribution in [1.29, 1.82) is 0 Å². The van der Waals surface area contributed by atoms with Gasteiger partial charge in [0.2, 0.25) is 0 Å². The molecule has 0 atom stereocenters. The molecular formula is C14H16N2OS2. The lowest BCUT2D eigenvalue weighted by atomic mass is 10.2. The maximum Gasteiger partial charge on any atom is 0.253 e. The molecule has 100 valence electrons. The fourth-order valence-corrected chi connectivity index (χ4v) is 3.09. The van der Waals surface area contributed by atoms with E-state index in [0.717, 1.165) is 26.9 Å². The van der Waals surface area contributed by atoms with Crippen molar-refractivity contribution in [3.8, 4) is 0 Å². The summed E-state index contributed by atoms with van der Waals surface area (Å²) in [6.45, 7) is 2.01. The summed E-state index contributed by atoms with van der Waals surface area (Å²) in [6.07, 6.45) is 0. The van der Waals surface area contributed by atoms with Crippen LogP contribution in [-0.4, -0.2) is 29.9 Å². The number of carbonyl (C=O) groups excluding carboxylic acids is 1. The molecule has 2 aromatic rings. The highest BCUT2D eigenvalue weighted by Crippen LogP contribution is 2.24. The molecule has 0 radical (unpaired) electrons. The van der Waals surface area contributed by atoms with Gasteiger partial charge in [-0.15, -0.1) is 23.1 Å². The second kappa shape index (κ2) is 6.21. The predicted octanol–water partition coefficient (Wildman–Crippen LogP) is 3.45. The first-order chi connectivity index (χ1) is 9.06. The van der Waals surface area contributed by atoms with Crippen molar-refractivity contribution in [3.63, 3.8) is 0 Å². The minimum absolute atomic E-state index is 0.0340. The van der Waals surface area contributed by atoms with E-state index in [1.54, 1.807) is 42.1 Å². The van der Waals surface area contributed by atoms with E-state index >= 15 is 0 Å². The van der Waals surface area contributed by atoms with E-state index in [2.05, 4.69) is 10.4 Å². The average molecular weight is 292 g/mol. The molecule has 5 heteroatoms. The lowest BCUT2D eigenvalue weighted by molar-refractivity contribution is 0.0827. The number of aromatic nitrogens is 1. The normalized spacial score (nSPS) is 10.5. The topological polar surface area (TPSA) is 33.2 Å². The molecule has 0 saturated carbocycles. The molecule has 0 unspecified atom stereocenters. The van der Waals surface area contributed by atoms with E-state index in [-0.39, 0.29) is 5.91 Å². The van der Waals surface area contributed by atoms with Gasteiger partial charge in [0.05, 0.1) is 10.7 Å². The Morgan fingerprint density at radius 2 is 2.00 bits per heavy atom. The molecule has 1 amide bonds. The first-order valence-corrected chi connectivity index (χ1v) is 7.78. The Bertz CT molecular complexity index is 561. The molecule has 1 aromatic carbocycles. The van der Waals surface area contributed by atoms with Gasteiger partial charge in [0.1, 0.15) is 0 Å². The van der Waals surface area contributed by atoms with Crippen LogP contribution in [0, 0.1) is 6.92 Å². The summed E-state index contributed by atoms with van der Waals surface area (Å²) >= 11 is 3.41. The minimum Gasteiger partial charge on any atom is -0.345 e. The standard InChI is InChI=1S/C14H16N2OS2/c1-10-15-12(8-18-10)9-19-13-6-4-11(5-7-13)14(17)16(2)3/h4-8H,9H2,1-3H3. The molecule has 1 aromatic heterocycles. The van der Waals surface area contributed by atoms with E-state index in [4.69, 9.17) is 0 Å². The van der Waals surface area contributed by atoms with Crippen molar-refractivity contribution in [2.45, 2.75) is 17.6 Å². The van der Waals surface area contributed by atoms with Gasteiger partial charge in [0.25, 0.3) is 5.91 Å². The lowest BCUT2D eigenvalue weighted by Crippen LogP contribution is -2.21. The Morgan fingerprint density at radius 1 is 1.32 bits per heavy atom. The Kier molecular flexibility index (Phi) is 4.61. The van der Waals surface area contributed by atoms with Gasteiger partial charge in [-0.3, -0.25) is 4.79 Å². The predicted molar refractivity (Wildman–Crippen MR) is 80.9 cm³/mol. The monoisotopic (exact) mass is 292 g/mol. The van der Waals surface area contributed by atoms with Crippen LogP contribution >= 0.6 is 23.1 Å². The first-order valence-electron chi connectivity index (χ1n) is 5.92. The molecule has 0 aliphatic heterocycles. The van der Waals surface area contributed by atoms with Gasteiger partial charge in [-0.2, -0.15) is 0 Å². The van der Waals surface area contributed by atoms with Crippen LogP contribution in [0.2, 0.25) is 0 Å². The molecule has 1 heterocycles. The van der Waals surface area contributed by atoms with Crippen LogP contribution in [-0.2, 0) is 5.75 Å². The van der Waals surface area contributed by atoms with Gasteiger partial charge in [0.15, 0.2) is 0 Å². The van der Waals surface area contributed by atoms with Gasteiger partial charge >= 0.3 is 0 Å². The molecule has 0 aliphatic rings. The third-order valence-electron chi connectivity index (χ3n) is 2.56. The molecule has 3 nitrogen and oxygen atoms in total. The number of benzene rings is 1. The summed E-state index contributed by atoms with van der Waals surface area (Å²) in [4.78, 5) is 18.9. The first kappa shape index (κ1) is 14.1. The zero-order chi connectivity index (χ0) is 13.8. The van der Waals surface area contributed by atoms with Gasteiger partial charge in [0, 0.05) is 35.7 Å². The van der Waals surface area contributed by atoms with Crippen molar-refractivity contribution in [1.82, 2.24) is 9.88 Å². The Morgan fingerprint density at radius 3 is 2.53 bits per heavy atom. The van der Waals surface area contributed by atoms with Crippen LogP contribution in [0.1, 0.15) is 21.1 Å². The SMILES string of the molecule is Cc1nc(CSc2ccc(C(=O)N(C)C)cc2)cs1. The fraction of sp³-hybridized carbons (Fsp3) is 0.286. The Balaban J connectivity index is 1.97. The molecule has 0 N–H and O–H groups in total. The summed E-state index contributed by atoms with van der Waals surface area (Å²) in [7, 11) is 3.52. The molecule has 19 heavy (non-hydrogen) atoms. The summed E-state index contributed by atoms with van der Waals surface area (Å²) < 4.78 is 0. The highest BCUT2D eigenvalue weighted by atomic mass is 32.2. The Hall–Kier alpha value is -1.33. The third-order valence-corrected chi connectivity index (χ3v) is 4.43. The van der Waals surface area contributed by atoms with Crippen molar-refractivity contribution >= 4 is 29.0 Å². The lowest BCUT2D eigenvalue weighted by Gasteiger charge is -2.10. The number of carbonyl (C=O) groups is 1. The largest absolute Gasteiger partial charge is 0.345 e. The zero-order valence-electron chi connectivity index (χ0n) is 11.2.